The Morgan fingerprint density at radius 3 is 2.38 bits per heavy atom. The second-order valence-corrected chi connectivity index (χ2v) is 8.49. The number of nitrogens with zero attached hydrogens (tertiary/aromatic N) is 1. The van der Waals surface area contributed by atoms with E-state index in [0.29, 0.717) is 18.0 Å². The number of halogens is 3. The first-order chi connectivity index (χ1) is 13.8. The van der Waals surface area contributed by atoms with E-state index in [1.54, 1.807) is 24.7 Å². The second kappa shape index (κ2) is 8.97. The van der Waals surface area contributed by atoms with Crippen LogP contribution in [-0.2, 0) is 17.3 Å². The molecule has 154 valence electrons. The SMILES string of the molecule is Cc1cc(CN[C@@H](C[S@](C)=O)c2ccccc2)c(C)n1-c1ccc(F)c(F)c1F. The van der Waals surface area contributed by atoms with Gasteiger partial charge in [0.05, 0.1) is 5.69 Å². The predicted molar refractivity (Wildman–Crippen MR) is 110 cm³/mol. The standard InChI is InChI=1S/C22H23F3N2OS/c1-14-11-17(12-26-19(13-29(3)28)16-7-5-4-6-8-16)15(2)27(14)20-10-9-18(23)21(24)22(20)25/h4-11,19,26H,12-13H2,1-3H3/t19-,29-/m0/s1. The van der Waals surface area contributed by atoms with E-state index in [1.807, 2.05) is 36.4 Å². The van der Waals surface area contributed by atoms with E-state index in [2.05, 4.69) is 5.32 Å². The molecule has 0 aliphatic rings. The Balaban J connectivity index is 1.88. The summed E-state index contributed by atoms with van der Waals surface area (Å²) < 4.78 is 54.7. The van der Waals surface area contributed by atoms with Crippen LogP contribution in [0.1, 0.15) is 28.6 Å². The normalized spacial score (nSPS) is 13.4. The van der Waals surface area contributed by atoms with Crippen molar-refractivity contribution in [3.05, 3.63) is 88.5 Å². The van der Waals surface area contributed by atoms with Crippen LogP contribution in [0.3, 0.4) is 0 Å². The molecule has 7 heteroatoms. The van der Waals surface area contributed by atoms with Crippen molar-refractivity contribution in [1.82, 2.24) is 9.88 Å². The first-order valence-electron chi connectivity index (χ1n) is 9.19. The number of hydrogen-bond acceptors (Lipinski definition) is 2. The third-order valence-electron chi connectivity index (χ3n) is 4.93. The molecular weight excluding hydrogens is 397 g/mol. The molecule has 2 aromatic carbocycles. The van der Waals surface area contributed by atoms with E-state index in [1.165, 1.54) is 6.07 Å². The molecule has 3 aromatic rings. The molecular formula is C22H23F3N2OS. The molecule has 3 nitrogen and oxygen atoms in total. The van der Waals surface area contributed by atoms with Crippen LogP contribution in [0.15, 0.2) is 48.5 Å². The fourth-order valence-corrected chi connectivity index (χ4v) is 4.27. The van der Waals surface area contributed by atoms with E-state index in [-0.39, 0.29) is 11.7 Å². The summed E-state index contributed by atoms with van der Waals surface area (Å²) in [6, 6.07) is 13.7. The first-order valence-corrected chi connectivity index (χ1v) is 10.9. The van der Waals surface area contributed by atoms with Gasteiger partial charge in [0.1, 0.15) is 0 Å². The van der Waals surface area contributed by atoms with Gasteiger partial charge in [0.15, 0.2) is 17.5 Å². The minimum atomic E-state index is -1.48. The van der Waals surface area contributed by atoms with E-state index >= 15 is 0 Å². The summed E-state index contributed by atoms with van der Waals surface area (Å²) in [5.74, 6) is -3.45. The molecule has 0 fully saturated rings. The summed E-state index contributed by atoms with van der Waals surface area (Å²) in [5.41, 5.74) is 3.33. The Kier molecular flexibility index (Phi) is 6.59. The van der Waals surface area contributed by atoms with E-state index in [4.69, 9.17) is 0 Å². The fourth-order valence-electron chi connectivity index (χ4n) is 3.49. The van der Waals surface area contributed by atoms with Crippen molar-refractivity contribution < 1.29 is 17.4 Å². The molecule has 0 unspecified atom stereocenters. The van der Waals surface area contributed by atoms with Crippen LogP contribution in [-0.4, -0.2) is 20.8 Å². The van der Waals surface area contributed by atoms with Crippen LogP contribution in [0.4, 0.5) is 13.2 Å². The van der Waals surface area contributed by atoms with Crippen molar-refractivity contribution in [3.63, 3.8) is 0 Å². The molecule has 29 heavy (non-hydrogen) atoms. The summed E-state index contributed by atoms with van der Waals surface area (Å²) in [4.78, 5) is 0. The van der Waals surface area contributed by atoms with Gasteiger partial charge in [0.25, 0.3) is 0 Å². The van der Waals surface area contributed by atoms with E-state index in [9.17, 15) is 17.4 Å². The molecule has 3 rings (SSSR count). The number of benzene rings is 2. The van der Waals surface area contributed by atoms with Crippen molar-refractivity contribution in [1.29, 1.82) is 0 Å². The quantitative estimate of drug-likeness (QED) is 0.561. The van der Waals surface area contributed by atoms with Crippen molar-refractivity contribution in [2.75, 3.05) is 12.0 Å². The Hall–Kier alpha value is -2.38. The van der Waals surface area contributed by atoms with Gasteiger partial charge in [-0.2, -0.15) is 0 Å². The highest BCUT2D eigenvalue weighted by Gasteiger charge is 2.20. The van der Waals surface area contributed by atoms with Gasteiger partial charge in [0.2, 0.25) is 0 Å². The maximum absolute atomic E-state index is 14.3. The van der Waals surface area contributed by atoms with Crippen LogP contribution in [0.2, 0.25) is 0 Å². The topological polar surface area (TPSA) is 34.0 Å². The van der Waals surface area contributed by atoms with Gasteiger partial charge < -0.3 is 9.88 Å². The minimum Gasteiger partial charge on any atom is -0.315 e. The van der Waals surface area contributed by atoms with Gasteiger partial charge in [-0.3, -0.25) is 4.21 Å². The number of aromatic nitrogens is 1. The Morgan fingerprint density at radius 2 is 1.72 bits per heavy atom. The van der Waals surface area contributed by atoms with Gasteiger partial charge in [-0.15, -0.1) is 0 Å². The zero-order valence-corrected chi connectivity index (χ0v) is 17.3. The number of aryl methyl sites for hydroxylation is 1. The fraction of sp³-hybridized carbons (Fsp3) is 0.273. The smallest absolute Gasteiger partial charge is 0.196 e. The summed E-state index contributed by atoms with van der Waals surface area (Å²) in [6.07, 6.45) is 1.66. The zero-order valence-electron chi connectivity index (χ0n) is 16.5. The predicted octanol–water partition coefficient (Wildman–Crippen LogP) is 4.72. The van der Waals surface area contributed by atoms with E-state index < -0.39 is 28.3 Å². The Morgan fingerprint density at radius 1 is 1.03 bits per heavy atom. The molecule has 0 aliphatic carbocycles. The summed E-state index contributed by atoms with van der Waals surface area (Å²) in [7, 11) is -0.991. The van der Waals surface area contributed by atoms with Crippen LogP contribution >= 0.6 is 0 Å². The number of rotatable bonds is 7. The maximum atomic E-state index is 14.3. The van der Waals surface area contributed by atoms with Crippen molar-refractivity contribution in [2.24, 2.45) is 0 Å². The lowest BCUT2D eigenvalue weighted by molar-refractivity contribution is 0.444. The highest BCUT2D eigenvalue weighted by Crippen LogP contribution is 2.26. The van der Waals surface area contributed by atoms with Crippen molar-refractivity contribution >= 4 is 10.8 Å². The highest BCUT2D eigenvalue weighted by molar-refractivity contribution is 7.84. The van der Waals surface area contributed by atoms with Crippen LogP contribution < -0.4 is 5.32 Å². The minimum absolute atomic E-state index is 0.0283. The van der Waals surface area contributed by atoms with Crippen LogP contribution in [0.25, 0.3) is 5.69 Å². The zero-order chi connectivity index (χ0) is 21.1. The molecule has 1 aromatic heterocycles. The molecule has 2 atom stereocenters. The van der Waals surface area contributed by atoms with Crippen LogP contribution in [0, 0.1) is 31.3 Å². The van der Waals surface area contributed by atoms with Gasteiger partial charge in [-0.25, -0.2) is 13.2 Å². The van der Waals surface area contributed by atoms with Crippen molar-refractivity contribution in [2.45, 2.75) is 26.4 Å². The maximum Gasteiger partial charge on any atom is 0.196 e. The van der Waals surface area contributed by atoms with Crippen molar-refractivity contribution in [3.8, 4) is 5.69 Å². The van der Waals surface area contributed by atoms with Crippen LogP contribution in [0.5, 0.6) is 0 Å². The lowest BCUT2D eigenvalue weighted by Gasteiger charge is -2.18. The van der Waals surface area contributed by atoms with Gasteiger partial charge in [-0.05, 0) is 43.2 Å². The average molecular weight is 421 g/mol. The molecule has 1 N–H and O–H groups in total. The third kappa shape index (κ3) is 4.62. The van der Waals surface area contributed by atoms with Gasteiger partial charge in [-0.1, -0.05) is 30.3 Å². The van der Waals surface area contributed by atoms with E-state index in [0.717, 1.165) is 22.9 Å². The molecule has 0 bridgehead atoms. The molecule has 0 aliphatic heterocycles. The lowest BCUT2D eigenvalue weighted by atomic mass is 10.1. The molecule has 1 heterocycles. The molecule has 0 spiro atoms. The number of nitrogens with one attached hydrogen (secondary N) is 1. The largest absolute Gasteiger partial charge is 0.315 e. The molecule has 0 saturated heterocycles. The molecule has 0 radical (unpaired) electrons. The molecule has 0 amide bonds. The summed E-state index contributed by atoms with van der Waals surface area (Å²) in [6.45, 7) is 4.05. The second-order valence-electron chi connectivity index (χ2n) is 7.01. The monoisotopic (exact) mass is 420 g/mol. The summed E-state index contributed by atoms with van der Waals surface area (Å²) >= 11 is 0. The number of hydrogen-bond donors (Lipinski definition) is 1. The average Bonchev–Trinajstić information content (AvgIpc) is 2.97. The van der Waals surface area contributed by atoms with Gasteiger partial charge in [0, 0.05) is 46.8 Å². The lowest BCUT2D eigenvalue weighted by Crippen LogP contribution is -2.26. The third-order valence-corrected chi connectivity index (χ3v) is 5.74. The highest BCUT2D eigenvalue weighted by atomic mass is 32.2. The Labute approximate surface area is 171 Å². The Bertz CT molecular complexity index is 1030. The summed E-state index contributed by atoms with van der Waals surface area (Å²) in [5, 5.41) is 3.42. The first kappa shape index (κ1) is 21.3. The van der Waals surface area contributed by atoms with Gasteiger partial charge >= 0.3 is 0 Å². The molecule has 0 saturated carbocycles.